The lowest BCUT2D eigenvalue weighted by Gasteiger charge is -2.13. The van der Waals surface area contributed by atoms with Gasteiger partial charge in [-0.05, 0) is 47.9 Å². The molecule has 4 aromatic heterocycles. The minimum Gasteiger partial charge on any atom is -0.294 e. The van der Waals surface area contributed by atoms with E-state index < -0.39 is 0 Å². The Bertz CT molecular complexity index is 2390. The SMILES string of the molecule is c1cc(-n2c3ccccc3c3ccccc32)nc(-n2c3ccccc3c3c4ccccc4c4ncccc4c32)c1. The number of aromatic nitrogens is 4. The number of rotatable bonds is 2. The van der Waals surface area contributed by atoms with Crippen molar-refractivity contribution in [2.24, 2.45) is 0 Å². The van der Waals surface area contributed by atoms with Crippen molar-refractivity contribution in [3.8, 4) is 11.6 Å². The van der Waals surface area contributed by atoms with E-state index in [0.29, 0.717) is 0 Å². The first-order valence-corrected chi connectivity index (χ1v) is 13.5. The van der Waals surface area contributed by atoms with Gasteiger partial charge in [0.25, 0.3) is 0 Å². The topological polar surface area (TPSA) is 35.6 Å². The molecule has 0 saturated heterocycles. The van der Waals surface area contributed by atoms with Gasteiger partial charge < -0.3 is 0 Å². The molecule has 0 aliphatic heterocycles. The highest BCUT2D eigenvalue weighted by molar-refractivity contribution is 6.31. The summed E-state index contributed by atoms with van der Waals surface area (Å²) < 4.78 is 4.59. The molecular weight excluding hydrogens is 488 g/mol. The van der Waals surface area contributed by atoms with Crippen molar-refractivity contribution in [3.63, 3.8) is 0 Å². The molecular formula is C36H22N4. The Morgan fingerprint density at radius 1 is 0.400 bits per heavy atom. The van der Waals surface area contributed by atoms with Crippen LogP contribution >= 0.6 is 0 Å². The molecule has 0 aliphatic carbocycles. The zero-order valence-electron chi connectivity index (χ0n) is 21.5. The molecule has 5 aromatic carbocycles. The summed E-state index contributed by atoms with van der Waals surface area (Å²) in [5.74, 6) is 1.77. The molecule has 4 nitrogen and oxygen atoms in total. The van der Waals surface area contributed by atoms with Crippen molar-refractivity contribution >= 4 is 65.3 Å². The van der Waals surface area contributed by atoms with Crippen LogP contribution in [0.3, 0.4) is 0 Å². The summed E-state index contributed by atoms with van der Waals surface area (Å²) in [5.41, 5.74) is 5.57. The molecule has 9 aromatic rings. The molecule has 0 unspecified atom stereocenters. The second kappa shape index (κ2) is 8.01. The van der Waals surface area contributed by atoms with Crippen molar-refractivity contribution in [2.75, 3.05) is 0 Å². The molecule has 4 heterocycles. The Hall–Kier alpha value is -5.48. The zero-order valence-corrected chi connectivity index (χ0v) is 21.5. The number of hydrogen-bond donors (Lipinski definition) is 0. The van der Waals surface area contributed by atoms with E-state index >= 15 is 0 Å². The van der Waals surface area contributed by atoms with Crippen LogP contribution in [-0.4, -0.2) is 19.1 Å². The average molecular weight is 511 g/mol. The Morgan fingerprint density at radius 2 is 0.925 bits per heavy atom. The molecule has 0 amide bonds. The van der Waals surface area contributed by atoms with Gasteiger partial charge in [-0.2, -0.15) is 0 Å². The van der Waals surface area contributed by atoms with Crippen LogP contribution in [0.1, 0.15) is 0 Å². The van der Waals surface area contributed by atoms with Gasteiger partial charge in [0, 0.05) is 38.5 Å². The second-order valence-electron chi connectivity index (χ2n) is 10.2. The van der Waals surface area contributed by atoms with E-state index in [1.807, 2.05) is 12.3 Å². The second-order valence-corrected chi connectivity index (χ2v) is 10.2. The Balaban J connectivity index is 1.44. The van der Waals surface area contributed by atoms with E-state index in [-0.39, 0.29) is 0 Å². The molecule has 0 fully saturated rings. The van der Waals surface area contributed by atoms with E-state index in [1.54, 1.807) is 0 Å². The smallest absolute Gasteiger partial charge is 0.140 e. The number of pyridine rings is 2. The fourth-order valence-electron chi connectivity index (χ4n) is 6.55. The van der Waals surface area contributed by atoms with Crippen LogP contribution in [0.5, 0.6) is 0 Å². The van der Waals surface area contributed by atoms with E-state index in [2.05, 4.69) is 130 Å². The van der Waals surface area contributed by atoms with Crippen molar-refractivity contribution in [1.29, 1.82) is 0 Å². The molecule has 0 spiro atoms. The maximum atomic E-state index is 5.35. The van der Waals surface area contributed by atoms with E-state index in [1.165, 1.54) is 32.3 Å². The molecule has 40 heavy (non-hydrogen) atoms. The maximum absolute atomic E-state index is 5.35. The van der Waals surface area contributed by atoms with Crippen LogP contribution in [-0.2, 0) is 0 Å². The molecule has 0 saturated carbocycles. The maximum Gasteiger partial charge on any atom is 0.140 e. The number of nitrogens with zero attached hydrogens (tertiary/aromatic N) is 4. The van der Waals surface area contributed by atoms with Crippen LogP contribution in [0.15, 0.2) is 134 Å². The van der Waals surface area contributed by atoms with E-state index in [0.717, 1.165) is 44.6 Å². The van der Waals surface area contributed by atoms with Crippen LogP contribution in [0.25, 0.3) is 76.9 Å². The third-order valence-electron chi connectivity index (χ3n) is 8.15. The minimum absolute atomic E-state index is 0.881. The summed E-state index contributed by atoms with van der Waals surface area (Å²) in [5, 5.41) is 8.39. The number of fused-ring (bicyclic) bond motifs is 11. The molecule has 186 valence electrons. The van der Waals surface area contributed by atoms with Gasteiger partial charge in [-0.1, -0.05) is 84.9 Å². The highest BCUT2D eigenvalue weighted by atomic mass is 15.1. The summed E-state index contributed by atoms with van der Waals surface area (Å²) in [7, 11) is 0. The van der Waals surface area contributed by atoms with Gasteiger partial charge >= 0.3 is 0 Å². The number of para-hydroxylation sites is 3. The van der Waals surface area contributed by atoms with E-state index in [9.17, 15) is 0 Å². The highest BCUT2D eigenvalue weighted by Gasteiger charge is 2.20. The fraction of sp³-hybridized carbons (Fsp3) is 0. The lowest BCUT2D eigenvalue weighted by Crippen LogP contribution is -2.03. The molecule has 4 heteroatoms. The van der Waals surface area contributed by atoms with Crippen molar-refractivity contribution in [2.45, 2.75) is 0 Å². The number of hydrogen-bond acceptors (Lipinski definition) is 2. The summed E-state index contributed by atoms with van der Waals surface area (Å²) in [6.45, 7) is 0. The quantitative estimate of drug-likeness (QED) is 0.218. The van der Waals surface area contributed by atoms with Crippen molar-refractivity contribution in [1.82, 2.24) is 19.1 Å². The Kier molecular flexibility index (Phi) is 4.30. The highest BCUT2D eigenvalue weighted by Crippen LogP contribution is 2.41. The zero-order chi connectivity index (χ0) is 26.2. The summed E-state index contributed by atoms with van der Waals surface area (Å²) in [4.78, 5) is 10.2. The summed E-state index contributed by atoms with van der Waals surface area (Å²) in [6, 6.07) is 44.9. The van der Waals surface area contributed by atoms with Crippen LogP contribution in [0, 0.1) is 0 Å². The fourth-order valence-corrected chi connectivity index (χ4v) is 6.55. The Labute approximate surface area is 229 Å². The van der Waals surface area contributed by atoms with Gasteiger partial charge in [-0.25, -0.2) is 4.98 Å². The minimum atomic E-state index is 0.881. The summed E-state index contributed by atoms with van der Waals surface area (Å²) >= 11 is 0. The average Bonchev–Trinajstić information content (AvgIpc) is 3.55. The van der Waals surface area contributed by atoms with Gasteiger partial charge in [0.1, 0.15) is 11.6 Å². The Morgan fingerprint density at radius 3 is 1.62 bits per heavy atom. The largest absolute Gasteiger partial charge is 0.294 e. The molecule has 0 N–H and O–H groups in total. The van der Waals surface area contributed by atoms with Crippen LogP contribution < -0.4 is 0 Å². The van der Waals surface area contributed by atoms with Gasteiger partial charge in [0.05, 0.1) is 27.6 Å². The molecule has 0 aliphatic rings. The van der Waals surface area contributed by atoms with Crippen molar-refractivity contribution < 1.29 is 0 Å². The predicted molar refractivity (Wildman–Crippen MR) is 166 cm³/mol. The van der Waals surface area contributed by atoms with Gasteiger partial charge in [-0.15, -0.1) is 0 Å². The number of benzene rings is 5. The summed E-state index contributed by atoms with van der Waals surface area (Å²) in [6.07, 6.45) is 1.88. The van der Waals surface area contributed by atoms with Gasteiger partial charge in [0.2, 0.25) is 0 Å². The lowest BCUT2D eigenvalue weighted by atomic mass is 10.00. The predicted octanol–water partition coefficient (Wildman–Crippen LogP) is 8.98. The molecule has 0 bridgehead atoms. The normalized spacial score (nSPS) is 12.0. The van der Waals surface area contributed by atoms with Gasteiger partial charge in [0.15, 0.2) is 0 Å². The third-order valence-corrected chi connectivity index (χ3v) is 8.15. The van der Waals surface area contributed by atoms with Crippen LogP contribution in [0.4, 0.5) is 0 Å². The first-order chi connectivity index (χ1) is 19.9. The monoisotopic (exact) mass is 510 g/mol. The molecule has 0 atom stereocenters. The first-order valence-electron chi connectivity index (χ1n) is 13.5. The standard InChI is InChI=1S/C36H22N4/c1-2-14-26-25(13-1)34-27-15-5-8-19-31(27)40(36(34)28-16-10-22-37-35(26)28)33-21-9-20-32(38-33)39-29-17-6-3-11-23(29)24-12-4-7-18-30(24)39/h1-22H. The van der Waals surface area contributed by atoms with E-state index in [4.69, 9.17) is 9.97 Å². The molecule has 9 rings (SSSR count). The lowest BCUT2D eigenvalue weighted by molar-refractivity contribution is 1.01. The van der Waals surface area contributed by atoms with Crippen molar-refractivity contribution in [3.05, 3.63) is 134 Å². The van der Waals surface area contributed by atoms with Crippen LogP contribution in [0.2, 0.25) is 0 Å². The third kappa shape index (κ3) is 2.79. The molecule has 0 radical (unpaired) electrons. The first kappa shape index (κ1) is 21.5. The van der Waals surface area contributed by atoms with Gasteiger partial charge in [-0.3, -0.25) is 14.1 Å².